The third-order valence-corrected chi connectivity index (χ3v) is 3.51. The van der Waals surface area contributed by atoms with E-state index in [2.05, 4.69) is 31.8 Å². The highest BCUT2D eigenvalue weighted by Crippen LogP contribution is 2.19. The van der Waals surface area contributed by atoms with Gasteiger partial charge < -0.3 is 10.4 Å². The summed E-state index contributed by atoms with van der Waals surface area (Å²) >= 11 is 3.28. The van der Waals surface area contributed by atoms with E-state index in [0.717, 1.165) is 4.47 Å². The van der Waals surface area contributed by atoms with Gasteiger partial charge in [0.2, 0.25) is 11.8 Å². The van der Waals surface area contributed by atoms with Gasteiger partial charge in [0.15, 0.2) is 0 Å². The summed E-state index contributed by atoms with van der Waals surface area (Å²) in [4.78, 5) is 23.4. The van der Waals surface area contributed by atoms with Crippen LogP contribution in [-0.4, -0.2) is 23.1 Å². The molecule has 6 nitrogen and oxygen atoms in total. The molecule has 0 atom stereocenters. The second kappa shape index (κ2) is 8.83. The molecule has 124 valence electrons. The standard InChI is InChI=1S/C17H16BrN3O3/c18-13-6-7-15(22)12(10-13)11-19-21-17(24)9-8-16(23)20-14-4-2-1-3-5-14/h1-7,10-11,22H,8-9H2,(H,20,23)(H,21,24). The van der Waals surface area contributed by atoms with E-state index in [-0.39, 0.29) is 30.4 Å². The highest BCUT2D eigenvalue weighted by atomic mass is 79.9. The monoisotopic (exact) mass is 389 g/mol. The summed E-state index contributed by atoms with van der Waals surface area (Å²) < 4.78 is 0.783. The molecule has 0 heterocycles. The molecule has 0 aromatic heterocycles. The van der Waals surface area contributed by atoms with Crippen LogP contribution in [0.3, 0.4) is 0 Å². The van der Waals surface area contributed by atoms with Crippen LogP contribution in [0.2, 0.25) is 0 Å². The van der Waals surface area contributed by atoms with Crippen LogP contribution in [0.4, 0.5) is 5.69 Å². The lowest BCUT2D eigenvalue weighted by atomic mass is 10.2. The molecule has 3 N–H and O–H groups in total. The van der Waals surface area contributed by atoms with Crippen molar-refractivity contribution in [1.82, 2.24) is 5.43 Å². The SMILES string of the molecule is O=C(CCC(=O)Nc1ccccc1)NN=Cc1cc(Br)ccc1O. The second-order valence-electron chi connectivity index (χ2n) is 4.91. The maximum absolute atomic E-state index is 11.7. The zero-order valence-electron chi connectivity index (χ0n) is 12.7. The summed E-state index contributed by atoms with van der Waals surface area (Å²) in [5.41, 5.74) is 3.47. The van der Waals surface area contributed by atoms with Gasteiger partial charge in [-0.25, -0.2) is 5.43 Å². The fourth-order valence-corrected chi connectivity index (χ4v) is 2.21. The zero-order chi connectivity index (χ0) is 17.4. The first-order valence-corrected chi connectivity index (χ1v) is 7.99. The number of halogens is 1. The highest BCUT2D eigenvalue weighted by Gasteiger charge is 2.06. The molecule has 0 aliphatic rings. The van der Waals surface area contributed by atoms with Gasteiger partial charge in [-0.1, -0.05) is 34.1 Å². The number of amides is 2. The Labute approximate surface area is 147 Å². The van der Waals surface area contributed by atoms with E-state index in [1.807, 2.05) is 18.2 Å². The fraction of sp³-hybridized carbons (Fsp3) is 0.118. The molecule has 0 saturated carbocycles. The maximum atomic E-state index is 11.7. The number of para-hydroxylation sites is 1. The zero-order valence-corrected chi connectivity index (χ0v) is 14.3. The van der Waals surface area contributed by atoms with Gasteiger partial charge in [-0.3, -0.25) is 9.59 Å². The van der Waals surface area contributed by atoms with Gasteiger partial charge in [-0.2, -0.15) is 5.10 Å². The Morgan fingerprint density at radius 2 is 1.79 bits per heavy atom. The smallest absolute Gasteiger partial charge is 0.240 e. The van der Waals surface area contributed by atoms with Gasteiger partial charge in [-0.15, -0.1) is 0 Å². The average molecular weight is 390 g/mol. The predicted octanol–water partition coefficient (Wildman–Crippen LogP) is 3.02. The van der Waals surface area contributed by atoms with E-state index in [9.17, 15) is 14.7 Å². The van der Waals surface area contributed by atoms with Gasteiger partial charge in [0.05, 0.1) is 6.21 Å². The predicted molar refractivity (Wildman–Crippen MR) is 95.8 cm³/mol. The number of nitrogens with zero attached hydrogens (tertiary/aromatic N) is 1. The average Bonchev–Trinajstić information content (AvgIpc) is 2.57. The molecule has 24 heavy (non-hydrogen) atoms. The lowest BCUT2D eigenvalue weighted by Crippen LogP contribution is -2.20. The summed E-state index contributed by atoms with van der Waals surface area (Å²) in [6.07, 6.45) is 1.40. The minimum atomic E-state index is -0.385. The van der Waals surface area contributed by atoms with Gasteiger partial charge in [0, 0.05) is 28.6 Å². The molecule has 0 saturated heterocycles. The molecule has 0 aliphatic heterocycles. The molecule has 0 fully saturated rings. The first kappa shape index (κ1) is 17.7. The molecule has 2 aromatic carbocycles. The number of carbonyl (C=O) groups excluding carboxylic acids is 2. The number of phenols is 1. The first-order valence-electron chi connectivity index (χ1n) is 7.20. The third-order valence-electron chi connectivity index (χ3n) is 3.02. The fourth-order valence-electron chi connectivity index (χ4n) is 1.83. The van der Waals surface area contributed by atoms with E-state index in [0.29, 0.717) is 11.3 Å². The van der Waals surface area contributed by atoms with Crippen molar-refractivity contribution in [1.29, 1.82) is 0 Å². The third kappa shape index (κ3) is 5.85. The van der Waals surface area contributed by atoms with Crippen LogP contribution in [0.1, 0.15) is 18.4 Å². The molecule has 0 radical (unpaired) electrons. The summed E-state index contributed by atoms with van der Waals surface area (Å²) in [6.45, 7) is 0. The molecule has 0 spiro atoms. The number of hydrogen-bond acceptors (Lipinski definition) is 4. The Bertz CT molecular complexity index is 748. The van der Waals surface area contributed by atoms with Crippen molar-refractivity contribution >= 4 is 39.6 Å². The highest BCUT2D eigenvalue weighted by molar-refractivity contribution is 9.10. The number of rotatable bonds is 6. The molecule has 2 rings (SSSR count). The van der Waals surface area contributed by atoms with Crippen molar-refractivity contribution in [2.24, 2.45) is 5.10 Å². The Kier molecular flexibility index (Phi) is 6.51. The molecule has 2 amide bonds. The van der Waals surface area contributed by atoms with Gasteiger partial charge in [-0.05, 0) is 30.3 Å². The Morgan fingerprint density at radius 1 is 1.08 bits per heavy atom. The summed E-state index contributed by atoms with van der Waals surface area (Å²) in [6, 6.07) is 13.9. The van der Waals surface area contributed by atoms with Crippen LogP contribution in [-0.2, 0) is 9.59 Å². The number of anilines is 1. The normalized spacial score (nSPS) is 10.5. The van der Waals surface area contributed by atoms with Crippen LogP contribution >= 0.6 is 15.9 Å². The molecule has 0 unspecified atom stereocenters. The van der Waals surface area contributed by atoms with Crippen molar-refractivity contribution in [2.75, 3.05) is 5.32 Å². The van der Waals surface area contributed by atoms with Crippen LogP contribution < -0.4 is 10.7 Å². The van der Waals surface area contributed by atoms with Crippen molar-refractivity contribution in [2.45, 2.75) is 12.8 Å². The van der Waals surface area contributed by atoms with Crippen molar-refractivity contribution in [3.63, 3.8) is 0 Å². The van der Waals surface area contributed by atoms with Gasteiger partial charge in [0.25, 0.3) is 0 Å². The minimum absolute atomic E-state index is 0.0144. The molecule has 0 bridgehead atoms. The number of benzene rings is 2. The number of phenolic OH excluding ortho intramolecular Hbond substituents is 1. The van der Waals surface area contributed by atoms with Crippen molar-refractivity contribution in [3.05, 3.63) is 58.6 Å². The van der Waals surface area contributed by atoms with E-state index in [4.69, 9.17) is 0 Å². The lowest BCUT2D eigenvalue weighted by molar-refractivity contribution is -0.124. The number of hydrazone groups is 1. The first-order chi connectivity index (χ1) is 11.5. The van der Waals surface area contributed by atoms with Gasteiger partial charge in [0.1, 0.15) is 5.75 Å². The summed E-state index contributed by atoms with van der Waals surface area (Å²) in [5.74, 6) is -0.577. The lowest BCUT2D eigenvalue weighted by Gasteiger charge is -2.04. The Hall–Kier alpha value is -2.67. The van der Waals surface area contributed by atoms with E-state index >= 15 is 0 Å². The Balaban J connectivity index is 1.76. The van der Waals surface area contributed by atoms with Crippen LogP contribution in [0.15, 0.2) is 58.1 Å². The van der Waals surface area contributed by atoms with E-state index in [1.54, 1.807) is 24.3 Å². The maximum Gasteiger partial charge on any atom is 0.240 e. The number of hydrogen-bond donors (Lipinski definition) is 3. The molecule has 0 aliphatic carbocycles. The molecule has 7 heteroatoms. The van der Waals surface area contributed by atoms with E-state index < -0.39 is 0 Å². The summed E-state index contributed by atoms with van der Waals surface area (Å²) in [5, 5.41) is 16.1. The number of nitrogens with one attached hydrogen (secondary N) is 2. The van der Waals surface area contributed by atoms with Gasteiger partial charge >= 0.3 is 0 Å². The molecular formula is C17H16BrN3O3. The minimum Gasteiger partial charge on any atom is -0.507 e. The van der Waals surface area contributed by atoms with Crippen LogP contribution in [0.25, 0.3) is 0 Å². The number of carbonyl (C=O) groups is 2. The quantitative estimate of drug-likeness (QED) is 0.523. The largest absolute Gasteiger partial charge is 0.507 e. The van der Waals surface area contributed by atoms with Crippen LogP contribution in [0, 0.1) is 0 Å². The molecule has 2 aromatic rings. The van der Waals surface area contributed by atoms with Crippen molar-refractivity contribution < 1.29 is 14.7 Å². The second-order valence-corrected chi connectivity index (χ2v) is 5.83. The summed E-state index contributed by atoms with van der Waals surface area (Å²) in [7, 11) is 0. The van der Waals surface area contributed by atoms with E-state index in [1.165, 1.54) is 12.3 Å². The van der Waals surface area contributed by atoms with Crippen molar-refractivity contribution in [3.8, 4) is 5.75 Å². The topological polar surface area (TPSA) is 90.8 Å². The molecular weight excluding hydrogens is 374 g/mol. The number of aromatic hydroxyl groups is 1. The van der Waals surface area contributed by atoms with Crippen LogP contribution in [0.5, 0.6) is 5.75 Å². The Morgan fingerprint density at radius 3 is 2.54 bits per heavy atom.